The van der Waals surface area contributed by atoms with Gasteiger partial charge in [0.05, 0.1) is 11.5 Å². The molecule has 0 spiro atoms. The molecule has 0 atom stereocenters. The standard InChI is InChI=1S/C36H46N4O2/c1-7-34(42-27-29-12-9-8-10-13-29)23-31-24-36(40(28(31)2)19-11-18-38(3)4)33-22-32(25-37-26-33)30-14-16-35(17-15-30)41-21-20-39(5)6/h8-10,12-17,22-26H,7,11,18-21,27H2,1-6H3/b34-23+. The molecule has 0 aliphatic heterocycles. The van der Waals surface area contributed by atoms with Crippen molar-refractivity contribution in [1.82, 2.24) is 19.4 Å². The first kappa shape index (κ1) is 31.1. The average Bonchev–Trinajstić information content (AvgIpc) is 3.30. The molecule has 0 saturated carbocycles. The Morgan fingerprint density at radius 3 is 2.26 bits per heavy atom. The molecule has 2 aromatic heterocycles. The van der Waals surface area contributed by atoms with E-state index in [2.05, 4.69) is 116 Å². The van der Waals surface area contributed by atoms with Crippen molar-refractivity contribution in [3.63, 3.8) is 0 Å². The molecule has 2 aromatic carbocycles. The lowest BCUT2D eigenvalue weighted by atomic mass is 10.0. The molecule has 0 aliphatic carbocycles. The monoisotopic (exact) mass is 566 g/mol. The van der Waals surface area contributed by atoms with E-state index in [0.29, 0.717) is 13.2 Å². The van der Waals surface area contributed by atoms with Crippen LogP contribution in [0.3, 0.4) is 0 Å². The van der Waals surface area contributed by atoms with Crippen molar-refractivity contribution in [1.29, 1.82) is 0 Å². The van der Waals surface area contributed by atoms with Crippen molar-refractivity contribution in [3.8, 4) is 28.1 Å². The number of hydrogen-bond acceptors (Lipinski definition) is 5. The van der Waals surface area contributed by atoms with Gasteiger partial charge < -0.3 is 23.8 Å². The Morgan fingerprint density at radius 2 is 1.57 bits per heavy atom. The minimum Gasteiger partial charge on any atom is -0.493 e. The highest BCUT2D eigenvalue weighted by molar-refractivity contribution is 5.73. The van der Waals surface area contributed by atoms with E-state index in [4.69, 9.17) is 9.47 Å². The van der Waals surface area contributed by atoms with E-state index >= 15 is 0 Å². The second-order valence-electron chi connectivity index (χ2n) is 11.3. The van der Waals surface area contributed by atoms with Gasteiger partial charge in [0.15, 0.2) is 0 Å². The molecule has 0 aliphatic rings. The van der Waals surface area contributed by atoms with Gasteiger partial charge in [-0.1, -0.05) is 49.4 Å². The van der Waals surface area contributed by atoms with Crippen LogP contribution in [-0.4, -0.2) is 67.2 Å². The molecule has 4 aromatic rings. The summed E-state index contributed by atoms with van der Waals surface area (Å²) in [6.45, 7) is 8.45. The minimum absolute atomic E-state index is 0.571. The molecule has 0 radical (unpaired) electrons. The largest absolute Gasteiger partial charge is 0.493 e. The fourth-order valence-electron chi connectivity index (χ4n) is 4.88. The Balaban J connectivity index is 1.61. The second-order valence-corrected chi connectivity index (χ2v) is 11.3. The predicted molar refractivity (Wildman–Crippen MR) is 175 cm³/mol. The number of pyridine rings is 1. The van der Waals surface area contributed by atoms with Crippen molar-refractivity contribution < 1.29 is 9.47 Å². The summed E-state index contributed by atoms with van der Waals surface area (Å²) in [5.74, 6) is 1.87. The zero-order valence-electron chi connectivity index (χ0n) is 26.1. The maximum atomic E-state index is 6.25. The van der Waals surface area contributed by atoms with Crippen LogP contribution in [0.15, 0.2) is 84.9 Å². The highest BCUT2D eigenvalue weighted by Gasteiger charge is 2.15. The van der Waals surface area contributed by atoms with Crippen molar-refractivity contribution in [2.75, 3.05) is 47.9 Å². The minimum atomic E-state index is 0.571. The third kappa shape index (κ3) is 8.81. The molecule has 6 heteroatoms. The fraction of sp³-hybridized carbons (Fsp3) is 0.361. The molecule has 0 unspecified atom stereocenters. The van der Waals surface area contributed by atoms with E-state index < -0.39 is 0 Å². The fourth-order valence-corrected chi connectivity index (χ4v) is 4.88. The zero-order valence-corrected chi connectivity index (χ0v) is 26.1. The second kappa shape index (κ2) is 15.4. The first-order valence-corrected chi connectivity index (χ1v) is 14.9. The van der Waals surface area contributed by atoms with Gasteiger partial charge in [-0.15, -0.1) is 0 Å². The normalized spacial score (nSPS) is 11.9. The van der Waals surface area contributed by atoms with Crippen LogP contribution in [0.25, 0.3) is 28.5 Å². The van der Waals surface area contributed by atoms with Gasteiger partial charge in [-0.2, -0.15) is 0 Å². The van der Waals surface area contributed by atoms with E-state index in [0.717, 1.165) is 60.7 Å². The number of aromatic nitrogens is 2. The molecular weight excluding hydrogens is 520 g/mol. The van der Waals surface area contributed by atoms with E-state index in [1.165, 1.54) is 22.5 Å². The van der Waals surface area contributed by atoms with Gasteiger partial charge in [-0.05, 0) is 95.1 Å². The lowest BCUT2D eigenvalue weighted by Crippen LogP contribution is -2.19. The quantitative estimate of drug-likeness (QED) is 0.140. The van der Waals surface area contributed by atoms with Crippen LogP contribution in [0.4, 0.5) is 0 Å². The highest BCUT2D eigenvalue weighted by Crippen LogP contribution is 2.31. The maximum absolute atomic E-state index is 6.25. The third-order valence-corrected chi connectivity index (χ3v) is 7.35. The molecule has 0 amide bonds. The van der Waals surface area contributed by atoms with Gasteiger partial charge >= 0.3 is 0 Å². The molecular formula is C36H46N4O2. The van der Waals surface area contributed by atoms with Gasteiger partial charge in [0, 0.05) is 48.7 Å². The third-order valence-electron chi connectivity index (χ3n) is 7.35. The summed E-state index contributed by atoms with van der Waals surface area (Å²) in [5.41, 5.74) is 8.08. The predicted octanol–water partition coefficient (Wildman–Crippen LogP) is 7.39. The first-order valence-electron chi connectivity index (χ1n) is 14.9. The smallest absolute Gasteiger partial charge is 0.119 e. The Hall–Kier alpha value is -3.87. The van der Waals surface area contributed by atoms with Crippen LogP contribution in [0.1, 0.15) is 36.6 Å². The van der Waals surface area contributed by atoms with Gasteiger partial charge in [0.25, 0.3) is 0 Å². The van der Waals surface area contributed by atoms with Gasteiger partial charge in [-0.3, -0.25) is 4.98 Å². The van der Waals surface area contributed by atoms with E-state index in [1.807, 2.05) is 30.6 Å². The molecule has 0 N–H and O–H groups in total. The van der Waals surface area contributed by atoms with Gasteiger partial charge in [0.2, 0.25) is 0 Å². The SMILES string of the molecule is CC/C(=C\c1cc(-c2cncc(-c3ccc(OCCN(C)C)cc3)c2)n(CCCN(C)C)c1C)OCc1ccccc1. The zero-order chi connectivity index (χ0) is 29.9. The Morgan fingerprint density at radius 1 is 0.857 bits per heavy atom. The summed E-state index contributed by atoms with van der Waals surface area (Å²) in [6, 6.07) is 23.2. The van der Waals surface area contributed by atoms with Crippen molar-refractivity contribution in [2.45, 2.75) is 39.8 Å². The average molecular weight is 567 g/mol. The summed E-state index contributed by atoms with van der Waals surface area (Å²) >= 11 is 0. The lowest BCUT2D eigenvalue weighted by molar-refractivity contribution is 0.194. The first-order chi connectivity index (χ1) is 20.3. The Kier molecular flexibility index (Phi) is 11.4. The summed E-state index contributed by atoms with van der Waals surface area (Å²) in [6.07, 6.45) is 8.01. The van der Waals surface area contributed by atoms with Crippen LogP contribution in [0, 0.1) is 6.92 Å². The number of benzene rings is 2. The molecule has 222 valence electrons. The Labute approximate surface area is 252 Å². The molecule has 0 fully saturated rings. The number of rotatable bonds is 15. The number of likely N-dealkylation sites (N-methyl/N-ethyl adjacent to an activating group) is 1. The summed E-state index contributed by atoms with van der Waals surface area (Å²) < 4.78 is 14.6. The molecule has 42 heavy (non-hydrogen) atoms. The van der Waals surface area contributed by atoms with Crippen LogP contribution in [-0.2, 0) is 17.9 Å². The topological polar surface area (TPSA) is 42.8 Å². The van der Waals surface area contributed by atoms with E-state index in [1.54, 1.807) is 0 Å². The van der Waals surface area contributed by atoms with Crippen molar-refractivity contribution in [2.24, 2.45) is 0 Å². The molecule has 6 nitrogen and oxygen atoms in total. The summed E-state index contributed by atoms with van der Waals surface area (Å²) in [5, 5.41) is 0. The summed E-state index contributed by atoms with van der Waals surface area (Å²) in [4.78, 5) is 9.01. The summed E-state index contributed by atoms with van der Waals surface area (Å²) in [7, 11) is 8.35. The van der Waals surface area contributed by atoms with Gasteiger partial charge in [0.1, 0.15) is 19.0 Å². The van der Waals surface area contributed by atoms with Gasteiger partial charge in [-0.25, -0.2) is 0 Å². The van der Waals surface area contributed by atoms with Crippen LogP contribution in [0.2, 0.25) is 0 Å². The number of ether oxygens (including phenoxy) is 2. The van der Waals surface area contributed by atoms with Crippen LogP contribution < -0.4 is 4.74 Å². The lowest BCUT2D eigenvalue weighted by Gasteiger charge is -2.15. The van der Waals surface area contributed by atoms with Crippen molar-refractivity contribution >= 4 is 6.08 Å². The molecule has 0 bridgehead atoms. The van der Waals surface area contributed by atoms with Crippen LogP contribution in [0.5, 0.6) is 5.75 Å². The van der Waals surface area contributed by atoms with E-state index in [9.17, 15) is 0 Å². The number of hydrogen-bond donors (Lipinski definition) is 0. The molecule has 0 saturated heterocycles. The molecule has 2 heterocycles. The highest BCUT2D eigenvalue weighted by atomic mass is 16.5. The molecule has 4 rings (SSSR count). The van der Waals surface area contributed by atoms with Crippen molar-refractivity contribution in [3.05, 3.63) is 102 Å². The Bertz CT molecular complexity index is 1420. The number of nitrogens with zero attached hydrogens (tertiary/aromatic N) is 4. The van der Waals surface area contributed by atoms with Crippen LogP contribution >= 0.6 is 0 Å². The van der Waals surface area contributed by atoms with E-state index in [-0.39, 0.29) is 0 Å². The maximum Gasteiger partial charge on any atom is 0.119 e. The number of allylic oxidation sites excluding steroid dienone is 1.